The summed E-state index contributed by atoms with van der Waals surface area (Å²) in [4.78, 5) is 71.0. The van der Waals surface area contributed by atoms with Gasteiger partial charge in [-0.25, -0.2) is 23.9 Å². The minimum atomic E-state index is -0.774. The van der Waals surface area contributed by atoms with Crippen molar-refractivity contribution in [1.82, 2.24) is 40.4 Å². The Labute approximate surface area is 321 Å². The fraction of sp³-hybridized carbons (Fsp3) is 0.550. The summed E-state index contributed by atoms with van der Waals surface area (Å²) in [6, 6.07) is 2.52. The molecule has 0 aliphatic carbocycles. The van der Waals surface area contributed by atoms with E-state index >= 15 is 4.39 Å². The summed E-state index contributed by atoms with van der Waals surface area (Å²) in [5.74, 6) is 6.43. The first-order valence-corrected chi connectivity index (χ1v) is 18.8. The normalized spacial score (nSPS) is 20.6. The predicted molar refractivity (Wildman–Crippen MR) is 203 cm³/mol. The molecule has 0 spiro atoms. The number of amides is 4. The van der Waals surface area contributed by atoms with Gasteiger partial charge < -0.3 is 39.9 Å². The molecule has 6 atom stereocenters. The van der Waals surface area contributed by atoms with Gasteiger partial charge in [0.2, 0.25) is 11.8 Å². The van der Waals surface area contributed by atoms with E-state index in [1.54, 1.807) is 28.9 Å². The Morgan fingerprint density at radius 2 is 1.29 bits per heavy atom. The number of imidazole rings is 2. The number of halogens is 1. The van der Waals surface area contributed by atoms with Crippen molar-refractivity contribution in [2.45, 2.75) is 92.4 Å². The van der Waals surface area contributed by atoms with Crippen molar-refractivity contribution in [2.24, 2.45) is 23.7 Å². The van der Waals surface area contributed by atoms with Gasteiger partial charge in [-0.15, -0.1) is 0 Å². The Morgan fingerprint density at radius 3 is 1.76 bits per heavy atom. The molecule has 14 nitrogen and oxygen atoms in total. The third kappa shape index (κ3) is 8.95. The van der Waals surface area contributed by atoms with Crippen molar-refractivity contribution in [3.8, 4) is 23.1 Å². The number of alkyl carbamates (subject to hydrolysis) is 2. The topological polar surface area (TPSA) is 175 Å². The number of carbonyl (C=O) groups excluding carboxylic acids is 4. The van der Waals surface area contributed by atoms with Crippen molar-refractivity contribution >= 4 is 24.0 Å². The summed E-state index contributed by atoms with van der Waals surface area (Å²) in [5, 5.41) is 5.34. The van der Waals surface area contributed by atoms with Crippen LogP contribution in [0.4, 0.5) is 14.0 Å². The Balaban J connectivity index is 1.34. The van der Waals surface area contributed by atoms with Crippen LogP contribution in [0.3, 0.4) is 0 Å². The number of aromatic amines is 2. The van der Waals surface area contributed by atoms with Gasteiger partial charge in [0.15, 0.2) is 0 Å². The smallest absolute Gasteiger partial charge is 0.407 e. The second-order valence-corrected chi connectivity index (χ2v) is 15.5. The summed E-state index contributed by atoms with van der Waals surface area (Å²) in [6.45, 7) is 16.2. The summed E-state index contributed by atoms with van der Waals surface area (Å²) in [7, 11) is 2.52. The zero-order valence-corrected chi connectivity index (χ0v) is 33.3. The van der Waals surface area contributed by atoms with Gasteiger partial charge in [-0.2, -0.15) is 0 Å². The summed E-state index contributed by atoms with van der Waals surface area (Å²) < 4.78 is 25.3. The molecule has 2 aliphatic heterocycles. The molecule has 0 bridgehead atoms. The molecule has 296 valence electrons. The molecular formula is C40H53FN8O6. The lowest BCUT2D eigenvalue weighted by Crippen LogP contribution is -2.51. The number of nitrogens with zero attached hydrogens (tertiary/aromatic N) is 4. The minimum Gasteiger partial charge on any atom is -0.453 e. The molecule has 2 fully saturated rings. The largest absolute Gasteiger partial charge is 0.453 e. The molecule has 5 rings (SSSR count). The van der Waals surface area contributed by atoms with E-state index in [-0.39, 0.29) is 47.6 Å². The van der Waals surface area contributed by atoms with E-state index in [4.69, 9.17) is 19.4 Å². The number of methoxy groups -OCH3 is 2. The van der Waals surface area contributed by atoms with Gasteiger partial charge >= 0.3 is 12.2 Å². The van der Waals surface area contributed by atoms with Gasteiger partial charge in [0.05, 0.1) is 43.4 Å². The highest BCUT2D eigenvalue weighted by Gasteiger charge is 2.42. The maximum atomic E-state index is 15.8. The van der Waals surface area contributed by atoms with E-state index in [9.17, 15) is 19.2 Å². The van der Waals surface area contributed by atoms with Crippen LogP contribution in [0.1, 0.15) is 101 Å². The lowest BCUT2D eigenvalue weighted by Gasteiger charge is -2.30. The van der Waals surface area contributed by atoms with Crippen molar-refractivity contribution in [3.05, 3.63) is 58.3 Å². The molecule has 2 aliphatic rings. The number of aromatic nitrogens is 4. The average molecular weight is 761 g/mol. The highest BCUT2D eigenvalue weighted by molar-refractivity contribution is 5.87. The number of benzene rings is 1. The van der Waals surface area contributed by atoms with Gasteiger partial charge in [-0.1, -0.05) is 47.5 Å². The van der Waals surface area contributed by atoms with Gasteiger partial charge in [-0.3, -0.25) is 9.59 Å². The van der Waals surface area contributed by atoms with Crippen LogP contribution < -0.4 is 10.6 Å². The highest BCUT2D eigenvalue weighted by atomic mass is 19.1. The lowest BCUT2D eigenvalue weighted by molar-refractivity contribution is -0.136. The van der Waals surface area contributed by atoms with E-state index in [1.807, 2.05) is 34.6 Å². The number of carbonyl (C=O) groups is 4. The van der Waals surface area contributed by atoms with Crippen LogP contribution in [0.2, 0.25) is 0 Å². The molecule has 4 N–H and O–H groups in total. The van der Waals surface area contributed by atoms with E-state index < -0.39 is 30.1 Å². The van der Waals surface area contributed by atoms with Crippen LogP contribution in [-0.2, 0) is 19.1 Å². The number of H-pyrrole nitrogens is 2. The summed E-state index contributed by atoms with van der Waals surface area (Å²) in [6.07, 6.45) is 0.00895. The highest BCUT2D eigenvalue weighted by Crippen LogP contribution is 2.38. The standard InChI is InChI=1S/C40H53FN8O6/c1-20(2)32(46-39(52)54-9)37(50)48-18-22(5)15-30(48)35-42-24(7)29(44-35)14-12-26-11-13-27(28(41)17-26)34-25(8)43-36(45-34)31-16-23(6)19-49(31)38(51)33(21(3)4)47-40(53)55-10/h11,13,17,20-23,30-33H,15-16,18-19H2,1-10H3,(H,42,44)(H,43,45)(H,46,52)(H,47,53)/t22-,23-,30-,31-,32-,33-/m0/s1. The molecule has 2 aromatic heterocycles. The molecule has 0 unspecified atom stereocenters. The minimum absolute atomic E-state index is 0.160. The van der Waals surface area contributed by atoms with E-state index in [0.29, 0.717) is 71.5 Å². The molecule has 1 aromatic carbocycles. The molecule has 2 saturated heterocycles. The van der Waals surface area contributed by atoms with Crippen LogP contribution >= 0.6 is 0 Å². The molecule has 0 radical (unpaired) electrons. The number of ether oxygens (including phenoxy) is 2. The maximum Gasteiger partial charge on any atom is 0.407 e. The Hall–Kier alpha value is -5.39. The molecular weight excluding hydrogens is 707 g/mol. The van der Waals surface area contributed by atoms with Gasteiger partial charge in [0.1, 0.15) is 35.2 Å². The molecule has 55 heavy (non-hydrogen) atoms. The molecule has 15 heteroatoms. The first kappa shape index (κ1) is 40.8. The zero-order valence-electron chi connectivity index (χ0n) is 33.3. The Bertz CT molecular complexity index is 1980. The SMILES string of the molecule is COC(=O)N[C@H](C(=O)N1C[C@@H](C)C[C@H]1c1nc(C)c(C#Cc2ccc(-c3[nH]c([C@@H]4C[C@H](C)CN4C(=O)[C@@H](NC(=O)OC)C(C)C)nc3C)c(F)c2)[nH]1)C(C)C. The molecule has 4 heterocycles. The fourth-order valence-electron chi connectivity index (χ4n) is 7.45. The number of likely N-dealkylation sites (tertiary alicyclic amines) is 2. The predicted octanol–water partition coefficient (Wildman–Crippen LogP) is 5.54. The lowest BCUT2D eigenvalue weighted by atomic mass is 10.0. The van der Waals surface area contributed by atoms with Crippen molar-refractivity contribution in [1.29, 1.82) is 0 Å². The van der Waals surface area contributed by atoms with Crippen molar-refractivity contribution < 1.29 is 33.0 Å². The number of hydrogen-bond donors (Lipinski definition) is 4. The number of rotatable bonds is 9. The van der Waals surface area contributed by atoms with Crippen LogP contribution in [-0.4, -0.2) is 93.1 Å². The van der Waals surface area contributed by atoms with Crippen LogP contribution in [0.5, 0.6) is 0 Å². The van der Waals surface area contributed by atoms with E-state index in [0.717, 1.165) is 0 Å². The monoisotopic (exact) mass is 760 g/mol. The van der Waals surface area contributed by atoms with Crippen LogP contribution in [0, 0.1) is 55.2 Å². The third-order valence-electron chi connectivity index (χ3n) is 10.4. The van der Waals surface area contributed by atoms with Crippen molar-refractivity contribution in [3.63, 3.8) is 0 Å². The van der Waals surface area contributed by atoms with E-state index in [1.165, 1.54) is 20.3 Å². The Kier molecular flexibility index (Phi) is 12.6. The van der Waals surface area contributed by atoms with Gasteiger partial charge in [0.25, 0.3) is 0 Å². The number of nitrogens with one attached hydrogen (secondary N) is 4. The van der Waals surface area contributed by atoms with Crippen molar-refractivity contribution in [2.75, 3.05) is 27.3 Å². The number of aryl methyl sites for hydroxylation is 2. The molecule has 3 aromatic rings. The second kappa shape index (κ2) is 17.0. The zero-order chi connectivity index (χ0) is 40.3. The maximum absolute atomic E-state index is 15.8. The van der Waals surface area contributed by atoms with Gasteiger partial charge in [0, 0.05) is 24.2 Å². The molecule has 4 amide bonds. The third-order valence-corrected chi connectivity index (χ3v) is 10.4. The molecule has 0 saturated carbocycles. The quantitative estimate of drug-likeness (QED) is 0.206. The Morgan fingerprint density at radius 1 is 0.800 bits per heavy atom. The average Bonchev–Trinajstić information content (AvgIpc) is 3.92. The van der Waals surface area contributed by atoms with Gasteiger partial charge in [-0.05, 0) is 74.5 Å². The summed E-state index contributed by atoms with van der Waals surface area (Å²) in [5.41, 5.74) is 3.07. The van der Waals surface area contributed by atoms with Crippen LogP contribution in [0.25, 0.3) is 11.3 Å². The second-order valence-electron chi connectivity index (χ2n) is 15.5. The fourth-order valence-corrected chi connectivity index (χ4v) is 7.45. The number of hydrogen-bond acceptors (Lipinski definition) is 8. The first-order valence-electron chi connectivity index (χ1n) is 18.8. The van der Waals surface area contributed by atoms with Crippen LogP contribution in [0.15, 0.2) is 18.2 Å². The first-order chi connectivity index (χ1) is 26.0. The van der Waals surface area contributed by atoms with E-state index in [2.05, 4.69) is 46.3 Å². The summed E-state index contributed by atoms with van der Waals surface area (Å²) >= 11 is 0.